The minimum atomic E-state index is -3.56. The second-order valence-electron chi connectivity index (χ2n) is 8.86. The van der Waals surface area contributed by atoms with Crippen molar-refractivity contribution in [2.75, 3.05) is 19.7 Å². The Balaban J connectivity index is 1.53. The minimum absolute atomic E-state index is 0.110. The number of nitrogens with one attached hydrogen (secondary N) is 1. The van der Waals surface area contributed by atoms with E-state index in [1.54, 1.807) is 0 Å². The van der Waals surface area contributed by atoms with Crippen LogP contribution < -0.4 is 5.32 Å². The third-order valence-corrected chi connectivity index (χ3v) is 8.59. The summed E-state index contributed by atoms with van der Waals surface area (Å²) in [6.07, 6.45) is 7.02. The smallest absolute Gasteiger partial charge is 0.338 e. The first-order chi connectivity index (χ1) is 14.8. The SMILES string of the molecule is CC1CCCC(NC(=O)COC(=O)c2ccc(S(=O)(=O)N3CCCCCC3)cc2)C1C. The van der Waals surface area contributed by atoms with E-state index < -0.39 is 16.0 Å². The fourth-order valence-corrected chi connectivity index (χ4v) is 5.96. The number of ether oxygens (including phenoxy) is 1. The van der Waals surface area contributed by atoms with E-state index in [1.807, 2.05) is 0 Å². The standard InChI is InChI=1S/C23H34N2O5S/c1-17-8-7-9-21(18(17)2)24-22(26)16-30-23(27)19-10-12-20(13-11-19)31(28,29)25-14-5-3-4-6-15-25/h10-13,17-18,21H,3-9,14-16H2,1-2H3,(H,24,26). The number of esters is 1. The summed E-state index contributed by atoms with van der Waals surface area (Å²) < 4.78 is 32.3. The molecule has 1 amide bonds. The monoisotopic (exact) mass is 450 g/mol. The van der Waals surface area contributed by atoms with Gasteiger partial charge in [-0.25, -0.2) is 13.2 Å². The number of carbonyl (C=O) groups is 2. The molecular weight excluding hydrogens is 416 g/mol. The number of amides is 1. The van der Waals surface area contributed by atoms with Crippen LogP contribution in [-0.2, 0) is 19.6 Å². The molecular formula is C23H34N2O5S. The summed E-state index contributed by atoms with van der Waals surface area (Å²) >= 11 is 0. The second-order valence-corrected chi connectivity index (χ2v) is 10.8. The molecule has 2 fully saturated rings. The van der Waals surface area contributed by atoms with Crippen LogP contribution in [0.5, 0.6) is 0 Å². The molecule has 3 unspecified atom stereocenters. The maximum atomic E-state index is 12.8. The lowest BCUT2D eigenvalue weighted by Gasteiger charge is -2.34. The molecule has 8 heteroatoms. The van der Waals surface area contributed by atoms with E-state index in [2.05, 4.69) is 19.2 Å². The number of hydrogen-bond donors (Lipinski definition) is 1. The zero-order valence-corrected chi connectivity index (χ0v) is 19.3. The summed E-state index contributed by atoms with van der Waals surface area (Å²) in [7, 11) is -3.56. The van der Waals surface area contributed by atoms with Gasteiger partial charge in [-0.2, -0.15) is 4.31 Å². The first-order valence-electron chi connectivity index (χ1n) is 11.4. The molecule has 0 radical (unpaired) electrons. The van der Waals surface area contributed by atoms with Crippen LogP contribution in [0.1, 0.15) is 69.2 Å². The van der Waals surface area contributed by atoms with Crippen molar-refractivity contribution in [2.45, 2.75) is 69.7 Å². The lowest BCUT2D eigenvalue weighted by Crippen LogP contribution is -2.45. The summed E-state index contributed by atoms with van der Waals surface area (Å²) in [5.41, 5.74) is 0.224. The Kier molecular flexibility index (Phi) is 8.11. The van der Waals surface area contributed by atoms with Gasteiger partial charge >= 0.3 is 5.97 Å². The molecule has 1 heterocycles. The van der Waals surface area contributed by atoms with E-state index in [-0.39, 0.29) is 29.0 Å². The van der Waals surface area contributed by atoms with Gasteiger partial charge in [0.25, 0.3) is 5.91 Å². The Morgan fingerprint density at radius 1 is 1.00 bits per heavy atom. The fraction of sp³-hybridized carbons (Fsp3) is 0.652. The van der Waals surface area contributed by atoms with Crippen molar-refractivity contribution < 1.29 is 22.7 Å². The van der Waals surface area contributed by atoms with Gasteiger partial charge in [-0.3, -0.25) is 4.79 Å². The van der Waals surface area contributed by atoms with Crippen LogP contribution in [0.4, 0.5) is 0 Å². The van der Waals surface area contributed by atoms with Crippen LogP contribution in [0, 0.1) is 11.8 Å². The van der Waals surface area contributed by atoms with Crippen molar-refractivity contribution in [2.24, 2.45) is 11.8 Å². The van der Waals surface area contributed by atoms with Gasteiger partial charge in [-0.15, -0.1) is 0 Å². The topological polar surface area (TPSA) is 92.8 Å². The van der Waals surface area contributed by atoms with Gasteiger partial charge in [0.2, 0.25) is 10.0 Å². The van der Waals surface area contributed by atoms with Crippen LogP contribution in [-0.4, -0.2) is 50.3 Å². The maximum absolute atomic E-state index is 12.8. The summed E-state index contributed by atoms with van der Waals surface area (Å²) in [5.74, 6) is 0.0106. The summed E-state index contributed by atoms with van der Waals surface area (Å²) in [6.45, 7) is 5.05. The van der Waals surface area contributed by atoms with Crippen LogP contribution in [0.2, 0.25) is 0 Å². The number of carbonyl (C=O) groups excluding carboxylic acids is 2. The van der Waals surface area contributed by atoms with Crippen LogP contribution in [0.15, 0.2) is 29.2 Å². The third-order valence-electron chi connectivity index (χ3n) is 6.68. The molecule has 0 spiro atoms. The van der Waals surface area contributed by atoms with Crippen molar-refractivity contribution in [3.8, 4) is 0 Å². The van der Waals surface area contributed by atoms with E-state index in [1.165, 1.54) is 35.0 Å². The van der Waals surface area contributed by atoms with Crippen molar-refractivity contribution in [3.05, 3.63) is 29.8 Å². The Morgan fingerprint density at radius 2 is 1.65 bits per heavy atom. The second kappa shape index (κ2) is 10.6. The highest BCUT2D eigenvalue weighted by Gasteiger charge is 2.28. The first-order valence-corrected chi connectivity index (χ1v) is 12.8. The molecule has 1 N–H and O–H groups in total. The molecule has 1 aromatic rings. The summed E-state index contributed by atoms with van der Waals surface area (Å²) in [5, 5.41) is 2.98. The van der Waals surface area contributed by atoms with E-state index in [9.17, 15) is 18.0 Å². The van der Waals surface area contributed by atoms with Gasteiger partial charge in [-0.1, -0.05) is 39.5 Å². The number of benzene rings is 1. The predicted octanol–water partition coefficient (Wildman–Crippen LogP) is 3.35. The molecule has 1 aliphatic carbocycles. The Bertz CT molecular complexity index is 860. The average Bonchev–Trinajstić information content (AvgIpc) is 3.05. The first kappa shape index (κ1) is 23.7. The predicted molar refractivity (Wildman–Crippen MR) is 118 cm³/mol. The Morgan fingerprint density at radius 3 is 2.29 bits per heavy atom. The number of rotatable bonds is 6. The Hall–Kier alpha value is -1.93. The molecule has 1 saturated carbocycles. The van der Waals surface area contributed by atoms with E-state index in [0.717, 1.165) is 38.5 Å². The molecule has 1 aromatic carbocycles. The molecule has 3 atom stereocenters. The van der Waals surface area contributed by atoms with Crippen LogP contribution in [0.25, 0.3) is 0 Å². The largest absolute Gasteiger partial charge is 0.452 e. The van der Waals surface area contributed by atoms with Gasteiger partial charge in [0, 0.05) is 19.1 Å². The molecule has 7 nitrogen and oxygen atoms in total. The summed E-state index contributed by atoms with van der Waals surface area (Å²) in [6, 6.07) is 5.86. The molecule has 0 aromatic heterocycles. The fourth-order valence-electron chi connectivity index (χ4n) is 4.44. The van der Waals surface area contributed by atoms with Crippen molar-refractivity contribution in [1.82, 2.24) is 9.62 Å². The quantitative estimate of drug-likeness (QED) is 0.671. The van der Waals surface area contributed by atoms with Gasteiger partial charge < -0.3 is 10.1 Å². The minimum Gasteiger partial charge on any atom is -0.452 e. The molecule has 1 aliphatic heterocycles. The highest BCUT2D eigenvalue weighted by Crippen LogP contribution is 2.29. The summed E-state index contributed by atoms with van der Waals surface area (Å²) in [4.78, 5) is 24.7. The molecule has 2 aliphatic rings. The molecule has 31 heavy (non-hydrogen) atoms. The molecule has 0 bridgehead atoms. The van der Waals surface area contributed by atoms with E-state index in [0.29, 0.717) is 24.9 Å². The van der Waals surface area contributed by atoms with E-state index in [4.69, 9.17) is 4.74 Å². The maximum Gasteiger partial charge on any atom is 0.338 e. The lowest BCUT2D eigenvalue weighted by molar-refractivity contribution is -0.125. The molecule has 1 saturated heterocycles. The van der Waals surface area contributed by atoms with Gasteiger partial charge in [0.05, 0.1) is 10.5 Å². The van der Waals surface area contributed by atoms with Gasteiger partial charge in [0.15, 0.2) is 6.61 Å². The lowest BCUT2D eigenvalue weighted by atomic mass is 9.78. The zero-order chi connectivity index (χ0) is 22.4. The van der Waals surface area contributed by atoms with Crippen molar-refractivity contribution >= 4 is 21.9 Å². The normalized spacial score (nSPS) is 25.4. The molecule has 3 rings (SSSR count). The van der Waals surface area contributed by atoms with E-state index >= 15 is 0 Å². The number of hydrogen-bond acceptors (Lipinski definition) is 5. The average molecular weight is 451 g/mol. The number of sulfonamides is 1. The number of nitrogens with zero attached hydrogens (tertiary/aromatic N) is 1. The van der Waals surface area contributed by atoms with Crippen LogP contribution in [0.3, 0.4) is 0 Å². The van der Waals surface area contributed by atoms with Gasteiger partial charge in [-0.05, 0) is 55.4 Å². The third kappa shape index (κ3) is 6.07. The molecule has 172 valence electrons. The van der Waals surface area contributed by atoms with Gasteiger partial charge in [0.1, 0.15) is 0 Å². The van der Waals surface area contributed by atoms with Crippen LogP contribution >= 0.6 is 0 Å². The Labute approximate surface area is 185 Å². The highest BCUT2D eigenvalue weighted by atomic mass is 32.2. The highest BCUT2D eigenvalue weighted by molar-refractivity contribution is 7.89. The van der Waals surface area contributed by atoms with Crippen molar-refractivity contribution in [3.63, 3.8) is 0 Å². The van der Waals surface area contributed by atoms with Crippen molar-refractivity contribution in [1.29, 1.82) is 0 Å². The zero-order valence-electron chi connectivity index (χ0n) is 18.5.